The smallest absolute Gasteiger partial charge is 0.191 e. The van der Waals surface area contributed by atoms with E-state index in [4.69, 9.17) is 0 Å². The fraction of sp³-hybridized carbons (Fsp3) is 0.550. The average molecular weight is 487 g/mol. The highest BCUT2D eigenvalue weighted by Crippen LogP contribution is 2.19. The molecule has 150 valence electrons. The number of rotatable bonds is 6. The van der Waals surface area contributed by atoms with Crippen molar-refractivity contribution in [1.82, 2.24) is 20.5 Å². The summed E-state index contributed by atoms with van der Waals surface area (Å²) in [5.41, 5.74) is 2.09. The van der Waals surface area contributed by atoms with E-state index >= 15 is 0 Å². The molecule has 1 atom stereocenters. The number of fused-ring (bicyclic) bond motifs is 1. The monoisotopic (exact) mass is 487 g/mol. The van der Waals surface area contributed by atoms with Crippen molar-refractivity contribution < 1.29 is 4.39 Å². The van der Waals surface area contributed by atoms with Crippen molar-refractivity contribution in [3.8, 4) is 0 Å². The molecule has 5 nitrogen and oxygen atoms in total. The number of nitrogens with one attached hydrogen (secondary N) is 3. The van der Waals surface area contributed by atoms with Gasteiger partial charge in [-0.2, -0.15) is 0 Å². The largest absolute Gasteiger partial charge is 0.361 e. The van der Waals surface area contributed by atoms with Crippen LogP contribution >= 0.6 is 24.0 Å². The van der Waals surface area contributed by atoms with E-state index in [0.29, 0.717) is 6.04 Å². The van der Waals surface area contributed by atoms with Crippen molar-refractivity contribution in [3.05, 3.63) is 35.8 Å². The summed E-state index contributed by atoms with van der Waals surface area (Å²) in [7, 11) is 1.79. The second kappa shape index (κ2) is 10.8. The van der Waals surface area contributed by atoms with Crippen LogP contribution in [0.3, 0.4) is 0 Å². The molecule has 0 amide bonds. The zero-order valence-electron chi connectivity index (χ0n) is 16.2. The maximum atomic E-state index is 13.5. The number of H-pyrrole nitrogens is 1. The zero-order valence-corrected chi connectivity index (χ0v) is 18.6. The molecule has 0 radical (unpaired) electrons. The van der Waals surface area contributed by atoms with Crippen LogP contribution in [0.15, 0.2) is 29.4 Å². The molecule has 1 aromatic carbocycles. The molecule has 0 aliphatic carbocycles. The summed E-state index contributed by atoms with van der Waals surface area (Å²) in [6.07, 6.45) is 6.74. The number of aromatic amines is 1. The summed E-state index contributed by atoms with van der Waals surface area (Å²) >= 11 is 0. The van der Waals surface area contributed by atoms with E-state index in [1.807, 2.05) is 6.20 Å². The van der Waals surface area contributed by atoms with Crippen LogP contribution in [0.1, 0.15) is 31.7 Å². The molecule has 1 saturated heterocycles. The van der Waals surface area contributed by atoms with Gasteiger partial charge in [-0.05, 0) is 56.5 Å². The van der Waals surface area contributed by atoms with Gasteiger partial charge in [0.1, 0.15) is 5.82 Å². The van der Waals surface area contributed by atoms with E-state index in [2.05, 4.69) is 32.4 Å². The molecule has 1 aliphatic heterocycles. The average Bonchev–Trinajstić information content (AvgIpc) is 3.04. The van der Waals surface area contributed by atoms with Gasteiger partial charge in [-0.3, -0.25) is 9.89 Å². The van der Waals surface area contributed by atoms with Gasteiger partial charge >= 0.3 is 0 Å². The minimum Gasteiger partial charge on any atom is -0.361 e. The van der Waals surface area contributed by atoms with E-state index in [1.54, 1.807) is 19.2 Å². The predicted octanol–water partition coefficient (Wildman–Crippen LogP) is 3.51. The molecular formula is C20H31FIN5. The van der Waals surface area contributed by atoms with Crippen LogP contribution in [0, 0.1) is 5.82 Å². The van der Waals surface area contributed by atoms with Crippen LogP contribution in [-0.4, -0.2) is 55.1 Å². The van der Waals surface area contributed by atoms with Crippen molar-refractivity contribution in [2.45, 2.75) is 38.6 Å². The molecule has 3 rings (SSSR count). The Hall–Kier alpha value is -1.35. The number of likely N-dealkylation sites (tertiary alicyclic amines) is 1. The lowest BCUT2D eigenvalue weighted by molar-refractivity contribution is 0.163. The molecule has 1 fully saturated rings. The second-order valence-corrected chi connectivity index (χ2v) is 7.06. The fourth-order valence-corrected chi connectivity index (χ4v) is 3.70. The standard InChI is InChI=1S/C20H30FN5.HI/c1-15-5-3-4-11-26(15)12-10-24-20(22-2)23-9-8-16-14-25-19-7-6-17(21)13-18(16)19;/h6-7,13-15,25H,3-5,8-12H2,1-2H3,(H2,22,23,24);1H. The van der Waals surface area contributed by atoms with E-state index in [0.717, 1.165) is 48.5 Å². The Kier molecular flexibility index (Phi) is 8.82. The molecule has 2 aromatic rings. The number of guanidine groups is 1. The summed E-state index contributed by atoms with van der Waals surface area (Å²) in [5.74, 6) is 0.622. The van der Waals surface area contributed by atoms with Gasteiger partial charge in [0, 0.05) is 49.8 Å². The Morgan fingerprint density at radius 3 is 2.89 bits per heavy atom. The SMILES string of the molecule is CN=C(NCCc1c[nH]c2ccc(F)cc12)NCCN1CCCCC1C.I. The molecule has 0 saturated carbocycles. The minimum atomic E-state index is -0.198. The maximum absolute atomic E-state index is 13.5. The van der Waals surface area contributed by atoms with Gasteiger partial charge < -0.3 is 15.6 Å². The topological polar surface area (TPSA) is 55.5 Å². The number of hydrogen-bond donors (Lipinski definition) is 3. The Balaban J connectivity index is 0.00000261. The van der Waals surface area contributed by atoms with Gasteiger partial charge in [0.2, 0.25) is 0 Å². The number of aliphatic imine (C=N–C) groups is 1. The van der Waals surface area contributed by atoms with Crippen molar-refractivity contribution in [1.29, 1.82) is 0 Å². The van der Waals surface area contributed by atoms with Gasteiger partial charge in [-0.1, -0.05) is 6.42 Å². The number of nitrogens with zero attached hydrogens (tertiary/aromatic N) is 2. The number of hydrogen-bond acceptors (Lipinski definition) is 2. The number of benzene rings is 1. The van der Waals surface area contributed by atoms with Gasteiger partial charge in [0.25, 0.3) is 0 Å². The highest BCUT2D eigenvalue weighted by molar-refractivity contribution is 14.0. The summed E-state index contributed by atoms with van der Waals surface area (Å²) in [4.78, 5) is 10.0. The van der Waals surface area contributed by atoms with Crippen LogP contribution in [0.25, 0.3) is 10.9 Å². The molecule has 27 heavy (non-hydrogen) atoms. The molecule has 0 spiro atoms. The predicted molar refractivity (Wildman–Crippen MR) is 122 cm³/mol. The Morgan fingerprint density at radius 1 is 1.30 bits per heavy atom. The van der Waals surface area contributed by atoms with Crippen LogP contribution in [-0.2, 0) is 6.42 Å². The van der Waals surface area contributed by atoms with Crippen LogP contribution in [0.2, 0.25) is 0 Å². The highest BCUT2D eigenvalue weighted by Gasteiger charge is 2.17. The normalized spacial score (nSPS) is 18.3. The molecule has 1 aliphatic rings. The van der Waals surface area contributed by atoms with Gasteiger partial charge in [-0.15, -0.1) is 24.0 Å². The Bertz CT molecular complexity index is 745. The molecule has 1 aromatic heterocycles. The van der Waals surface area contributed by atoms with E-state index < -0.39 is 0 Å². The maximum Gasteiger partial charge on any atom is 0.191 e. The first-order chi connectivity index (χ1) is 12.7. The van der Waals surface area contributed by atoms with Gasteiger partial charge in [0.15, 0.2) is 5.96 Å². The molecular weight excluding hydrogens is 456 g/mol. The lowest BCUT2D eigenvalue weighted by Gasteiger charge is -2.33. The fourth-order valence-electron chi connectivity index (χ4n) is 3.70. The second-order valence-electron chi connectivity index (χ2n) is 7.06. The Labute approximate surface area is 178 Å². The number of piperidine rings is 1. The number of aromatic nitrogens is 1. The first-order valence-corrected chi connectivity index (χ1v) is 9.61. The zero-order chi connectivity index (χ0) is 18.4. The van der Waals surface area contributed by atoms with Crippen LogP contribution < -0.4 is 10.6 Å². The molecule has 1 unspecified atom stereocenters. The summed E-state index contributed by atoms with van der Waals surface area (Å²) in [6, 6.07) is 5.54. The lowest BCUT2D eigenvalue weighted by Crippen LogP contribution is -2.45. The summed E-state index contributed by atoms with van der Waals surface area (Å²) in [5, 5.41) is 7.69. The van der Waals surface area contributed by atoms with E-state index in [-0.39, 0.29) is 29.8 Å². The third-order valence-electron chi connectivity index (χ3n) is 5.27. The van der Waals surface area contributed by atoms with Crippen LogP contribution in [0.4, 0.5) is 4.39 Å². The van der Waals surface area contributed by atoms with Gasteiger partial charge in [0.05, 0.1) is 0 Å². The Morgan fingerprint density at radius 2 is 2.11 bits per heavy atom. The van der Waals surface area contributed by atoms with E-state index in [1.165, 1.54) is 31.9 Å². The minimum absolute atomic E-state index is 0. The quantitative estimate of drug-likeness (QED) is 0.332. The highest BCUT2D eigenvalue weighted by atomic mass is 127. The molecule has 0 bridgehead atoms. The summed E-state index contributed by atoms with van der Waals surface area (Å²) in [6.45, 7) is 6.21. The lowest BCUT2D eigenvalue weighted by atomic mass is 10.0. The van der Waals surface area contributed by atoms with E-state index in [9.17, 15) is 4.39 Å². The van der Waals surface area contributed by atoms with Crippen LogP contribution in [0.5, 0.6) is 0 Å². The van der Waals surface area contributed by atoms with Crippen molar-refractivity contribution in [2.24, 2.45) is 4.99 Å². The number of halogens is 2. The molecule has 2 heterocycles. The van der Waals surface area contributed by atoms with Crippen molar-refractivity contribution in [3.63, 3.8) is 0 Å². The van der Waals surface area contributed by atoms with Crippen molar-refractivity contribution in [2.75, 3.05) is 33.2 Å². The first kappa shape index (κ1) is 21.9. The van der Waals surface area contributed by atoms with Gasteiger partial charge in [-0.25, -0.2) is 4.39 Å². The molecule has 3 N–H and O–H groups in total. The summed E-state index contributed by atoms with van der Waals surface area (Å²) < 4.78 is 13.5. The first-order valence-electron chi connectivity index (χ1n) is 9.61. The van der Waals surface area contributed by atoms with Crippen molar-refractivity contribution >= 4 is 40.8 Å². The molecule has 7 heteroatoms. The third-order valence-corrected chi connectivity index (χ3v) is 5.27. The third kappa shape index (κ3) is 6.07.